The largest absolute Gasteiger partial charge is 0.310 e. The second kappa shape index (κ2) is 6.51. The van der Waals surface area contributed by atoms with Gasteiger partial charge in [0.2, 0.25) is 0 Å². The van der Waals surface area contributed by atoms with Crippen LogP contribution < -0.4 is 5.32 Å². The van der Waals surface area contributed by atoms with Gasteiger partial charge in [-0.15, -0.1) is 0 Å². The second-order valence-electron chi connectivity index (χ2n) is 3.64. The van der Waals surface area contributed by atoms with Gasteiger partial charge in [-0.2, -0.15) is 5.10 Å². The summed E-state index contributed by atoms with van der Waals surface area (Å²) in [5, 5.41) is 7.68. The molecule has 1 heterocycles. The van der Waals surface area contributed by atoms with Gasteiger partial charge in [-0.1, -0.05) is 6.92 Å². The number of hydrogen-bond acceptors (Lipinski definition) is 3. The molecule has 0 amide bonds. The highest BCUT2D eigenvalue weighted by molar-refractivity contribution is 9.10. The van der Waals surface area contributed by atoms with Gasteiger partial charge in [0, 0.05) is 42.9 Å². The molecule has 1 aromatic rings. The fourth-order valence-corrected chi connectivity index (χ4v) is 2.62. The van der Waals surface area contributed by atoms with E-state index in [1.54, 1.807) is 6.26 Å². The van der Waals surface area contributed by atoms with E-state index in [0.717, 1.165) is 35.4 Å². The summed E-state index contributed by atoms with van der Waals surface area (Å²) >= 11 is 3.56. The molecule has 0 saturated carbocycles. The predicted molar refractivity (Wildman–Crippen MR) is 70.9 cm³/mol. The molecule has 6 heteroatoms. The van der Waals surface area contributed by atoms with Gasteiger partial charge in [0.1, 0.15) is 0 Å². The molecule has 1 unspecified atom stereocenters. The van der Waals surface area contributed by atoms with Crippen molar-refractivity contribution in [3.8, 4) is 0 Å². The van der Waals surface area contributed by atoms with Crippen LogP contribution in [0, 0.1) is 0 Å². The van der Waals surface area contributed by atoms with E-state index >= 15 is 0 Å². The zero-order chi connectivity index (χ0) is 12.1. The average molecular weight is 308 g/mol. The van der Waals surface area contributed by atoms with Crippen LogP contribution in [0.3, 0.4) is 0 Å². The molecular formula is C10H18BrN3OS. The average Bonchev–Trinajstić information content (AvgIpc) is 2.50. The Balaban J connectivity index is 2.53. The molecule has 92 valence electrons. The number of aromatic nitrogens is 2. The Labute approximate surface area is 107 Å². The lowest BCUT2D eigenvalue weighted by atomic mass is 10.3. The van der Waals surface area contributed by atoms with Crippen LogP contribution in [0.1, 0.15) is 18.3 Å². The molecule has 0 bridgehead atoms. The van der Waals surface area contributed by atoms with Crippen molar-refractivity contribution in [2.45, 2.75) is 19.9 Å². The maximum absolute atomic E-state index is 10.9. The zero-order valence-corrected chi connectivity index (χ0v) is 12.3. The highest BCUT2D eigenvalue weighted by atomic mass is 79.9. The molecule has 0 aliphatic heterocycles. The quantitative estimate of drug-likeness (QED) is 0.804. The highest BCUT2D eigenvalue weighted by Crippen LogP contribution is 2.21. The first kappa shape index (κ1) is 13.9. The van der Waals surface area contributed by atoms with Crippen LogP contribution in [0.2, 0.25) is 0 Å². The van der Waals surface area contributed by atoms with Gasteiger partial charge in [0.05, 0.1) is 15.9 Å². The number of rotatable bonds is 6. The lowest BCUT2D eigenvalue weighted by Crippen LogP contribution is -2.21. The van der Waals surface area contributed by atoms with Crippen LogP contribution in [0.25, 0.3) is 0 Å². The van der Waals surface area contributed by atoms with Crippen molar-refractivity contribution in [3.05, 3.63) is 15.9 Å². The molecule has 1 atom stereocenters. The van der Waals surface area contributed by atoms with Crippen molar-refractivity contribution in [3.63, 3.8) is 0 Å². The van der Waals surface area contributed by atoms with Crippen LogP contribution >= 0.6 is 15.9 Å². The van der Waals surface area contributed by atoms with E-state index in [-0.39, 0.29) is 0 Å². The summed E-state index contributed by atoms with van der Waals surface area (Å²) in [5.74, 6) is 0.691. The monoisotopic (exact) mass is 307 g/mol. The van der Waals surface area contributed by atoms with Crippen molar-refractivity contribution >= 4 is 26.7 Å². The predicted octanol–water partition coefficient (Wildman–Crippen LogP) is 1.21. The Bertz CT molecular complexity index is 378. The van der Waals surface area contributed by atoms with E-state index in [0.29, 0.717) is 5.75 Å². The number of aryl methyl sites for hydroxylation is 2. The fraction of sp³-hybridized carbons (Fsp3) is 0.700. The molecule has 0 aliphatic carbocycles. The smallest absolute Gasteiger partial charge is 0.0767 e. The van der Waals surface area contributed by atoms with Gasteiger partial charge >= 0.3 is 0 Å². The summed E-state index contributed by atoms with van der Waals surface area (Å²) in [6, 6.07) is 0. The molecule has 16 heavy (non-hydrogen) atoms. The summed E-state index contributed by atoms with van der Waals surface area (Å²) in [5.41, 5.74) is 2.22. The number of hydrogen-bond donors (Lipinski definition) is 1. The molecule has 1 aromatic heterocycles. The Morgan fingerprint density at radius 1 is 1.56 bits per heavy atom. The minimum absolute atomic E-state index is 0.691. The van der Waals surface area contributed by atoms with E-state index in [1.807, 2.05) is 11.7 Å². The molecule has 0 aliphatic rings. The first-order chi connectivity index (χ1) is 7.56. The van der Waals surface area contributed by atoms with Gasteiger partial charge in [0.15, 0.2) is 0 Å². The van der Waals surface area contributed by atoms with Crippen molar-refractivity contribution in [2.75, 3.05) is 18.6 Å². The Hall–Kier alpha value is -0.200. The molecule has 0 saturated heterocycles. The third kappa shape index (κ3) is 3.68. The van der Waals surface area contributed by atoms with Gasteiger partial charge < -0.3 is 5.32 Å². The normalized spacial score (nSPS) is 13.0. The van der Waals surface area contributed by atoms with Crippen LogP contribution in [0.4, 0.5) is 0 Å². The van der Waals surface area contributed by atoms with Crippen molar-refractivity contribution in [1.82, 2.24) is 15.1 Å². The molecule has 0 spiro atoms. The molecule has 1 N–H and O–H groups in total. The van der Waals surface area contributed by atoms with Gasteiger partial charge in [-0.3, -0.25) is 8.89 Å². The first-order valence-corrected chi connectivity index (χ1v) is 7.79. The number of nitrogens with zero attached hydrogens (tertiary/aromatic N) is 2. The summed E-state index contributed by atoms with van der Waals surface area (Å²) in [4.78, 5) is 0. The summed E-state index contributed by atoms with van der Waals surface area (Å²) in [6.45, 7) is 3.61. The summed E-state index contributed by atoms with van der Waals surface area (Å²) in [6.07, 6.45) is 2.64. The Morgan fingerprint density at radius 2 is 2.25 bits per heavy atom. The second-order valence-corrected chi connectivity index (χ2v) is 5.99. The maximum Gasteiger partial charge on any atom is 0.0767 e. The fourth-order valence-electron chi connectivity index (χ4n) is 1.43. The molecule has 0 fully saturated rings. The molecule has 0 aromatic carbocycles. The van der Waals surface area contributed by atoms with Crippen LogP contribution in [-0.2, 0) is 30.8 Å². The molecule has 0 radical (unpaired) electrons. The minimum atomic E-state index is -0.727. The standard InChI is InChI=1S/C10H18BrN3OS/c1-4-8-10(11)9(14(2)13-8)7-12-5-6-16(3)15/h12H,4-7H2,1-3H3. The van der Waals surface area contributed by atoms with Gasteiger partial charge in [-0.25, -0.2) is 0 Å². The number of nitrogens with one attached hydrogen (secondary N) is 1. The lowest BCUT2D eigenvalue weighted by Gasteiger charge is -2.04. The Morgan fingerprint density at radius 3 is 2.75 bits per heavy atom. The van der Waals surface area contributed by atoms with Crippen molar-refractivity contribution in [1.29, 1.82) is 0 Å². The van der Waals surface area contributed by atoms with E-state index < -0.39 is 10.8 Å². The maximum atomic E-state index is 10.9. The van der Waals surface area contributed by atoms with Crippen LogP contribution in [0.15, 0.2) is 4.47 Å². The summed E-state index contributed by atoms with van der Waals surface area (Å²) in [7, 11) is 1.22. The minimum Gasteiger partial charge on any atom is -0.310 e. The number of halogens is 1. The van der Waals surface area contributed by atoms with E-state index in [2.05, 4.69) is 33.3 Å². The molecular weight excluding hydrogens is 290 g/mol. The Kier molecular flexibility index (Phi) is 5.64. The van der Waals surface area contributed by atoms with Crippen LogP contribution in [-0.4, -0.2) is 32.5 Å². The van der Waals surface area contributed by atoms with E-state index in [9.17, 15) is 4.21 Å². The van der Waals surface area contributed by atoms with Crippen LogP contribution in [0.5, 0.6) is 0 Å². The van der Waals surface area contributed by atoms with Crippen molar-refractivity contribution in [2.24, 2.45) is 7.05 Å². The van der Waals surface area contributed by atoms with E-state index in [4.69, 9.17) is 0 Å². The third-order valence-electron chi connectivity index (χ3n) is 2.36. The third-order valence-corrected chi connectivity index (χ3v) is 4.06. The topological polar surface area (TPSA) is 46.9 Å². The summed E-state index contributed by atoms with van der Waals surface area (Å²) < 4.78 is 13.9. The molecule has 4 nitrogen and oxygen atoms in total. The zero-order valence-electron chi connectivity index (χ0n) is 9.92. The van der Waals surface area contributed by atoms with E-state index in [1.165, 1.54) is 0 Å². The highest BCUT2D eigenvalue weighted by Gasteiger charge is 2.11. The SMILES string of the molecule is CCc1nn(C)c(CNCCS(C)=O)c1Br. The molecule has 1 rings (SSSR count). The van der Waals surface area contributed by atoms with Gasteiger partial charge in [-0.05, 0) is 22.4 Å². The first-order valence-electron chi connectivity index (χ1n) is 5.27. The van der Waals surface area contributed by atoms with Gasteiger partial charge in [0.25, 0.3) is 0 Å². The lowest BCUT2D eigenvalue weighted by molar-refractivity contribution is 0.635. The van der Waals surface area contributed by atoms with Crippen molar-refractivity contribution < 1.29 is 4.21 Å².